The fraction of sp³-hybridized carbons (Fsp3) is 0.227. The van der Waals surface area contributed by atoms with Gasteiger partial charge in [0.25, 0.3) is 5.56 Å². The molecule has 0 aliphatic rings. The summed E-state index contributed by atoms with van der Waals surface area (Å²) in [4.78, 5) is 25.0. The van der Waals surface area contributed by atoms with Gasteiger partial charge in [-0.1, -0.05) is 30.3 Å². The number of carbonyl (C=O) groups excluding carboxylic acids is 1. The average molecular weight is 432 g/mol. The second-order valence-corrected chi connectivity index (χ2v) is 6.60. The van der Waals surface area contributed by atoms with Crippen molar-refractivity contribution in [2.75, 3.05) is 6.61 Å². The minimum absolute atomic E-state index is 0.0857. The number of hydrogen-bond donors (Lipinski definition) is 0. The summed E-state index contributed by atoms with van der Waals surface area (Å²) in [6, 6.07) is 12.5. The number of benzene rings is 2. The van der Waals surface area contributed by atoms with Gasteiger partial charge in [0.2, 0.25) is 5.69 Å². The van der Waals surface area contributed by atoms with Crippen LogP contribution in [-0.2, 0) is 17.5 Å². The lowest BCUT2D eigenvalue weighted by molar-refractivity contribution is -0.137. The summed E-state index contributed by atoms with van der Waals surface area (Å²) in [5, 5.41) is 4.14. The number of carbonyl (C=O) groups is 1. The molecule has 0 bridgehead atoms. The first-order valence-corrected chi connectivity index (χ1v) is 9.37. The lowest BCUT2D eigenvalue weighted by atomic mass is 10.1. The molecule has 1 heterocycles. The van der Waals surface area contributed by atoms with Gasteiger partial charge in [-0.25, -0.2) is 4.79 Å². The Morgan fingerprint density at radius 1 is 1.10 bits per heavy atom. The molecule has 0 aliphatic carbocycles. The number of aromatic nitrogens is 2. The van der Waals surface area contributed by atoms with Crippen LogP contribution in [0, 0.1) is 6.92 Å². The summed E-state index contributed by atoms with van der Waals surface area (Å²) in [5.41, 5.74) is 0.149. The molecule has 3 rings (SSSR count). The summed E-state index contributed by atoms with van der Waals surface area (Å²) in [5.74, 6) is -0.902. The third-order valence-corrected chi connectivity index (χ3v) is 4.38. The molecule has 162 valence electrons. The summed E-state index contributed by atoms with van der Waals surface area (Å²) < 4.78 is 49.8. The van der Waals surface area contributed by atoms with E-state index in [0.717, 1.165) is 28.4 Å². The first-order chi connectivity index (χ1) is 14.7. The Hall–Kier alpha value is -3.62. The number of ether oxygens (including phenoxy) is 2. The Labute approximate surface area is 175 Å². The van der Waals surface area contributed by atoms with Gasteiger partial charge in [0, 0.05) is 0 Å². The normalized spacial score (nSPS) is 11.3. The lowest BCUT2D eigenvalue weighted by Crippen LogP contribution is -2.25. The van der Waals surface area contributed by atoms with Crippen LogP contribution in [0.4, 0.5) is 13.2 Å². The van der Waals surface area contributed by atoms with Crippen molar-refractivity contribution in [2.45, 2.75) is 26.6 Å². The maximum absolute atomic E-state index is 12.7. The van der Waals surface area contributed by atoms with Gasteiger partial charge in [0.1, 0.15) is 6.61 Å². The van der Waals surface area contributed by atoms with Crippen molar-refractivity contribution in [3.8, 4) is 11.4 Å². The maximum atomic E-state index is 12.7. The van der Waals surface area contributed by atoms with Gasteiger partial charge in [-0.3, -0.25) is 4.79 Å². The first kappa shape index (κ1) is 22.1. The zero-order valence-electron chi connectivity index (χ0n) is 16.8. The highest BCUT2D eigenvalue weighted by molar-refractivity contribution is 5.90. The topological polar surface area (TPSA) is 70.4 Å². The van der Waals surface area contributed by atoms with Crippen molar-refractivity contribution in [3.05, 3.63) is 87.3 Å². The number of hydrogen-bond acceptors (Lipinski definition) is 5. The third kappa shape index (κ3) is 5.11. The highest BCUT2D eigenvalue weighted by Crippen LogP contribution is 2.29. The molecule has 31 heavy (non-hydrogen) atoms. The fourth-order valence-electron chi connectivity index (χ4n) is 2.82. The van der Waals surface area contributed by atoms with Crippen molar-refractivity contribution in [3.63, 3.8) is 0 Å². The number of rotatable bonds is 6. The molecular weight excluding hydrogens is 413 g/mol. The molecule has 2 aromatic carbocycles. The predicted octanol–water partition coefficient (Wildman–Crippen LogP) is 4.32. The van der Waals surface area contributed by atoms with Crippen LogP contribution in [0.15, 0.2) is 59.4 Å². The van der Waals surface area contributed by atoms with Gasteiger partial charge in [-0.15, -0.1) is 0 Å². The molecular formula is C22H19F3N2O4. The molecule has 0 saturated heterocycles. The zero-order chi connectivity index (χ0) is 22.6. The van der Waals surface area contributed by atoms with Crippen LogP contribution in [0.5, 0.6) is 5.75 Å². The van der Waals surface area contributed by atoms with E-state index >= 15 is 0 Å². The van der Waals surface area contributed by atoms with Gasteiger partial charge in [-0.05, 0) is 43.2 Å². The molecule has 0 saturated carbocycles. The Morgan fingerprint density at radius 3 is 2.39 bits per heavy atom. The van der Waals surface area contributed by atoms with E-state index in [0.29, 0.717) is 11.3 Å². The molecule has 0 spiro atoms. The van der Waals surface area contributed by atoms with Crippen LogP contribution in [0.3, 0.4) is 0 Å². The molecule has 1 aromatic heterocycles. The molecule has 0 fully saturated rings. The van der Waals surface area contributed by atoms with Crippen LogP contribution in [0.25, 0.3) is 5.69 Å². The third-order valence-electron chi connectivity index (χ3n) is 4.38. The Bertz CT molecular complexity index is 1140. The Balaban J connectivity index is 1.94. The monoisotopic (exact) mass is 432 g/mol. The lowest BCUT2D eigenvalue weighted by Gasteiger charge is -2.14. The van der Waals surface area contributed by atoms with Gasteiger partial charge in [0.15, 0.2) is 5.75 Å². The second kappa shape index (κ2) is 9.03. The van der Waals surface area contributed by atoms with Crippen LogP contribution in [-0.4, -0.2) is 22.4 Å². The average Bonchev–Trinajstić information content (AvgIpc) is 2.73. The SMILES string of the molecule is CCOC(=O)c1nn(-c2ccccc2C)c(=O)cc1OCc1ccc(C(F)(F)F)cc1. The van der Waals surface area contributed by atoms with Crippen molar-refractivity contribution in [1.29, 1.82) is 0 Å². The molecule has 3 aromatic rings. The van der Waals surface area contributed by atoms with Crippen LogP contribution < -0.4 is 10.3 Å². The quantitative estimate of drug-likeness (QED) is 0.543. The minimum Gasteiger partial charge on any atom is -0.486 e. The summed E-state index contributed by atoms with van der Waals surface area (Å²) in [7, 11) is 0. The minimum atomic E-state index is -4.44. The molecule has 6 nitrogen and oxygen atoms in total. The zero-order valence-corrected chi connectivity index (χ0v) is 16.8. The molecule has 0 radical (unpaired) electrons. The number of alkyl halides is 3. The molecule has 0 aliphatic heterocycles. The molecule has 9 heteroatoms. The van der Waals surface area contributed by atoms with E-state index < -0.39 is 23.3 Å². The fourth-order valence-corrected chi connectivity index (χ4v) is 2.82. The Kier molecular flexibility index (Phi) is 6.43. The van der Waals surface area contributed by atoms with Gasteiger partial charge in [-0.2, -0.15) is 23.0 Å². The van der Waals surface area contributed by atoms with Crippen LogP contribution in [0.1, 0.15) is 34.1 Å². The van der Waals surface area contributed by atoms with E-state index in [9.17, 15) is 22.8 Å². The smallest absolute Gasteiger partial charge is 0.416 e. The molecule has 0 atom stereocenters. The molecule has 0 unspecified atom stereocenters. The summed E-state index contributed by atoms with van der Waals surface area (Å²) in [6.45, 7) is 3.34. The summed E-state index contributed by atoms with van der Waals surface area (Å²) in [6.07, 6.45) is -4.44. The van der Waals surface area contributed by atoms with Gasteiger partial charge in [0.05, 0.1) is 23.9 Å². The van der Waals surface area contributed by atoms with E-state index in [1.165, 1.54) is 12.1 Å². The van der Waals surface area contributed by atoms with Gasteiger partial charge < -0.3 is 9.47 Å². The number of halogens is 3. The Morgan fingerprint density at radius 2 is 1.77 bits per heavy atom. The first-order valence-electron chi connectivity index (χ1n) is 9.37. The van der Waals surface area contributed by atoms with Crippen molar-refractivity contribution in [1.82, 2.24) is 9.78 Å². The number of aryl methyl sites for hydroxylation is 1. The summed E-state index contributed by atoms with van der Waals surface area (Å²) >= 11 is 0. The van der Waals surface area contributed by atoms with E-state index in [4.69, 9.17) is 9.47 Å². The number of para-hydroxylation sites is 1. The van der Waals surface area contributed by atoms with E-state index in [1.807, 2.05) is 0 Å². The number of nitrogens with zero attached hydrogens (tertiary/aromatic N) is 2. The van der Waals surface area contributed by atoms with E-state index in [2.05, 4.69) is 5.10 Å². The van der Waals surface area contributed by atoms with E-state index in [1.54, 1.807) is 38.1 Å². The maximum Gasteiger partial charge on any atom is 0.416 e. The van der Waals surface area contributed by atoms with Gasteiger partial charge >= 0.3 is 12.1 Å². The number of esters is 1. The highest BCUT2D eigenvalue weighted by atomic mass is 19.4. The molecule has 0 amide bonds. The van der Waals surface area contributed by atoms with E-state index in [-0.39, 0.29) is 24.7 Å². The standard InChI is InChI=1S/C22H19F3N2O4/c1-3-30-21(29)20-18(31-13-15-8-10-16(11-9-15)22(23,24)25)12-19(28)27(26-20)17-7-5-4-6-14(17)2/h4-12H,3,13H2,1-2H3. The molecule has 0 N–H and O–H groups in total. The predicted molar refractivity (Wildman–Crippen MR) is 106 cm³/mol. The second-order valence-electron chi connectivity index (χ2n) is 6.60. The van der Waals surface area contributed by atoms with Crippen molar-refractivity contribution >= 4 is 5.97 Å². The van der Waals surface area contributed by atoms with Crippen molar-refractivity contribution in [2.24, 2.45) is 0 Å². The largest absolute Gasteiger partial charge is 0.486 e. The van der Waals surface area contributed by atoms with Crippen molar-refractivity contribution < 1.29 is 27.4 Å². The van der Waals surface area contributed by atoms with Crippen LogP contribution >= 0.6 is 0 Å². The van der Waals surface area contributed by atoms with Crippen LogP contribution in [0.2, 0.25) is 0 Å². The highest BCUT2D eigenvalue weighted by Gasteiger charge is 2.30.